The van der Waals surface area contributed by atoms with Gasteiger partial charge in [-0.2, -0.15) is 4.31 Å². The van der Waals surface area contributed by atoms with Crippen LogP contribution in [0.3, 0.4) is 0 Å². The van der Waals surface area contributed by atoms with Crippen molar-refractivity contribution in [1.29, 1.82) is 0 Å². The molecule has 0 spiro atoms. The van der Waals surface area contributed by atoms with E-state index in [1.807, 2.05) is 31.2 Å². The number of ether oxygens (including phenoxy) is 1. The summed E-state index contributed by atoms with van der Waals surface area (Å²) >= 11 is 5.34. The lowest BCUT2D eigenvalue weighted by Gasteiger charge is -2.35. The van der Waals surface area contributed by atoms with Crippen LogP contribution in [-0.4, -0.2) is 62.8 Å². The lowest BCUT2D eigenvalue weighted by Crippen LogP contribution is -2.48. The number of carbonyl (C=O) groups excluding carboxylic acids is 1. The topological polar surface area (TPSA) is 91.0 Å². The van der Waals surface area contributed by atoms with Crippen molar-refractivity contribution in [3.05, 3.63) is 54.1 Å². The van der Waals surface area contributed by atoms with E-state index >= 15 is 0 Å². The van der Waals surface area contributed by atoms with E-state index in [1.54, 1.807) is 24.3 Å². The summed E-state index contributed by atoms with van der Waals surface area (Å²) in [6.07, 6.45) is 1.23. The maximum absolute atomic E-state index is 12.6. The molecule has 1 saturated heterocycles. The number of amides is 1. The van der Waals surface area contributed by atoms with E-state index in [2.05, 4.69) is 15.5 Å². The maximum atomic E-state index is 12.6. The fourth-order valence-electron chi connectivity index (χ4n) is 3.34. The SMILES string of the molecule is CCOc1cccc(C(=O)NC(=S)Nc2ccccc2N2CCN(S(C)(=O)=O)CC2)c1. The number of sulfonamides is 1. The molecular weight excluding hydrogens is 436 g/mol. The second-order valence-electron chi connectivity index (χ2n) is 7.04. The molecule has 0 aliphatic carbocycles. The average molecular weight is 463 g/mol. The van der Waals surface area contributed by atoms with Gasteiger partial charge in [0.2, 0.25) is 10.0 Å². The van der Waals surface area contributed by atoms with E-state index in [0.717, 1.165) is 11.4 Å². The normalized spacial score (nSPS) is 14.7. The molecule has 8 nitrogen and oxygen atoms in total. The molecule has 1 aliphatic rings. The van der Waals surface area contributed by atoms with Gasteiger partial charge >= 0.3 is 0 Å². The monoisotopic (exact) mass is 462 g/mol. The molecule has 2 aromatic rings. The second kappa shape index (κ2) is 10.1. The molecule has 1 aliphatic heterocycles. The summed E-state index contributed by atoms with van der Waals surface area (Å²) in [5.74, 6) is 0.283. The van der Waals surface area contributed by atoms with Gasteiger partial charge in [-0.25, -0.2) is 8.42 Å². The Morgan fingerprint density at radius 3 is 2.48 bits per heavy atom. The molecule has 0 saturated carbocycles. The predicted octanol–water partition coefficient (Wildman–Crippen LogP) is 2.29. The Hall–Kier alpha value is -2.69. The summed E-state index contributed by atoms with van der Waals surface area (Å²) in [5, 5.41) is 5.95. The second-order valence-corrected chi connectivity index (χ2v) is 9.43. The van der Waals surface area contributed by atoms with Gasteiger partial charge in [0.25, 0.3) is 5.91 Å². The number of hydrogen-bond acceptors (Lipinski definition) is 6. The molecule has 2 aromatic carbocycles. The first-order valence-electron chi connectivity index (χ1n) is 9.92. The van der Waals surface area contributed by atoms with Gasteiger partial charge in [0.05, 0.1) is 24.2 Å². The molecular formula is C21H26N4O4S2. The van der Waals surface area contributed by atoms with Crippen molar-refractivity contribution < 1.29 is 17.9 Å². The summed E-state index contributed by atoms with van der Waals surface area (Å²) in [6.45, 7) is 4.36. The first kappa shape index (κ1) is 23.0. The third kappa shape index (κ3) is 6.16. The molecule has 0 unspecified atom stereocenters. The minimum Gasteiger partial charge on any atom is -0.494 e. The van der Waals surface area contributed by atoms with E-state index in [1.165, 1.54) is 10.6 Å². The Labute approximate surface area is 188 Å². The molecule has 0 atom stereocenters. The molecule has 3 rings (SSSR count). The van der Waals surface area contributed by atoms with Crippen LogP contribution in [0.4, 0.5) is 11.4 Å². The highest BCUT2D eigenvalue weighted by atomic mass is 32.2. The van der Waals surface area contributed by atoms with Crippen molar-refractivity contribution in [2.24, 2.45) is 0 Å². The van der Waals surface area contributed by atoms with Crippen LogP contribution < -0.4 is 20.3 Å². The third-order valence-electron chi connectivity index (χ3n) is 4.83. The van der Waals surface area contributed by atoms with Crippen LogP contribution in [0.2, 0.25) is 0 Å². The zero-order valence-electron chi connectivity index (χ0n) is 17.5. The van der Waals surface area contributed by atoms with Crippen molar-refractivity contribution in [2.75, 3.05) is 49.3 Å². The Balaban J connectivity index is 1.65. The first-order valence-corrected chi connectivity index (χ1v) is 12.2. The van der Waals surface area contributed by atoms with Gasteiger partial charge in [-0.1, -0.05) is 18.2 Å². The minimum absolute atomic E-state index is 0.175. The van der Waals surface area contributed by atoms with Crippen molar-refractivity contribution in [2.45, 2.75) is 6.92 Å². The van der Waals surface area contributed by atoms with Crippen molar-refractivity contribution in [3.8, 4) is 5.75 Å². The van der Waals surface area contributed by atoms with Crippen LogP contribution in [0.1, 0.15) is 17.3 Å². The van der Waals surface area contributed by atoms with Gasteiger partial charge in [0, 0.05) is 31.7 Å². The number of nitrogens with one attached hydrogen (secondary N) is 2. The largest absolute Gasteiger partial charge is 0.494 e. The van der Waals surface area contributed by atoms with Crippen LogP contribution >= 0.6 is 12.2 Å². The third-order valence-corrected chi connectivity index (χ3v) is 6.34. The Kier molecular flexibility index (Phi) is 7.47. The number of rotatable bonds is 6. The smallest absolute Gasteiger partial charge is 0.257 e. The van der Waals surface area contributed by atoms with Gasteiger partial charge in [-0.3, -0.25) is 10.1 Å². The molecule has 1 amide bonds. The number of anilines is 2. The number of thiocarbonyl (C=S) groups is 1. The number of piperazine rings is 1. The Morgan fingerprint density at radius 2 is 1.81 bits per heavy atom. The maximum Gasteiger partial charge on any atom is 0.257 e. The summed E-state index contributed by atoms with van der Waals surface area (Å²) in [4.78, 5) is 14.6. The van der Waals surface area contributed by atoms with Gasteiger partial charge in [-0.05, 0) is 49.5 Å². The van der Waals surface area contributed by atoms with E-state index in [0.29, 0.717) is 44.1 Å². The van der Waals surface area contributed by atoms with Crippen LogP contribution in [0.5, 0.6) is 5.75 Å². The number of benzene rings is 2. The van der Waals surface area contributed by atoms with E-state index in [4.69, 9.17) is 17.0 Å². The lowest BCUT2D eigenvalue weighted by atomic mass is 10.2. The van der Waals surface area contributed by atoms with Crippen LogP contribution in [0.15, 0.2) is 48.5 Å². The average Bonchev–Trinajstić information content (AvgIpc) is 2.74. The predicted molar refractivity (Wildman–Crippen MR) is 126 cm³/mol. The molecule has 166 valence electrons. The summed E-state index contributed by atoms with van der Waals surface area (Å²) in [7, 11) is -3.19. The summed E-state index contributed by atoms with van der Waals surface area (Å²) in [6, 6.07) is 14.5. The molecule has 1 heterocycles. The molecule has 2 N–H and O–H groups in total. The zero-order chi connectivity index (χ0) is 22.4. The van der Waals surface area contributed by atoms with Gasteiger partial charge in [-0.15, -0.1) is 0 Å². The first-order chi connectivity index (χ1) is 14.8. The van der Waals surface area contributed by atoms with E-state index in [-0.39, 0.29) is 11.0 Å². The molecule has 0 radical (unpaired) electrons. The van der Waals surface area contributed by atoms with Gasteiger partial charge < -0.3 is 15.0 Å². The van der Waals surface area contributed by atoms with Crippen molar-refractivity contribution in [1.82, 2.24) is 9.62 Å². The fraction of sp³-hybridized carbons (Fsp3) is 0.333. The number of carbonyl (C=O) groups is 1. The molecule has 31 heavy (non-hydrogen) atoms. The van der Waals surface area contributed by atoms with Crippen LogP contribution in [0, 0.1) is 0 Å². The standard InChI is InChI=1S/C21H26N4O4S2/c1-3-29-17-8-6-7-16(15-17)20(26)23-21(30)22-18-9-4-5-10-19(18)24-11-13-25(14-12-24)31(2,27)28/h4-10,15H,3,11-14H2,1-2H3,(H2,22,23,26,30). The van der Waals surface area contributed by atoms with Crippen LogP contribution in [-0.2, 0) is 10.0 Å². The highest BCUT2D eigenvalue weighted by molar-refractivity contribution is 7.88. The lowest BCUT2D eigenvalue weighted by molar-refractivity contribution is 0.0977. The van der Waals surface area contributed by atoms with E-state index < -0.39 is 10.0 Å². The number of hydrogen-bond donors (Lipinski definition) is 2. The van der Waals surface area contributed by atoms with Crippen molar-refractivity contribution in [3.63, 3.8) is 0 Å². The Bertz CT molecular complexity index is 1050. The van der Waals surface area contributed by atoms with Gasteiger partial charge in [0.1, 0.15) is 5.75 Å². The molecule has 0 aromatic heterocycles. The Morgan fingerprint density at radius 1 is 1.10 bits per heavy atom. The molecule has 10 heteroatoms. The number of nitrogens with zero attached hydrogens (tertiary/aromatic N) is 2. The fourth-order valence-corrected chi connectivity index (χ4v) is 4.37. The minimum atomic E-state index is -3.19. The summed E-state index contributed by atoms with van der Waals surface area (Å²) in [5.41, 5.74) is 2.08. The van der Waals surface area contributed by atoms with Crippen LogP contribution in [0.25, 0.3) is 0 Å². The molecule has 1 fully saturated rings. The quantitative estimate of drug-likeness (QED) is 0.637. The summed E-state index contributed by atoms with van der Waals surface area (Å²) < 4.78 is 30.4. The van der Waals surface area contributed by atoms with Gasteiger partial charge in [0.15, 0.2) is 5.11 Å². The molecule has 0 bridgehead atoms. The highest BCUT2D eigenvalue weighted by Crippen LogP contribution is 2.27. The zero-order valence-corrected chi connectivity index (χ0v) is 19.1. The highest BCUT2D eigenvalue weighted by Gasteiger charge is 2.24. The number of para-hydroxylation sites is 2. The van der Waals surface area contributed by atoms with E-state index in [9.17, 15) is 13.2 Å². The van der Waals surface area contributed by atoms with Crippen molar-refractivity contribution >= 4 is 44.6 Å².